The Morgan fingerprint density at radius 3 is 2.80 bits per heavy atom. The van der Waals surface area contributed by atoms with E-state index in [4.69, 9.17) is 4.98 Å². The van der Waals surface area contributed by atoms with Crippen LogP contribution in [0.2, 0.25) is 0 Å². The molecule has 2 aromatic carbocycles. The second-order valence-electron chi connectivity index (χ2n) is 8.96. The molecule has 2 aliphatic rings. The van der Waals surface area contributed by atoms with E-state index < -0.39 is 5.97 Å². The minimum absolute atomic E-state index is 0.192. The number of aryl methyl sites for hydroxylation is 1. The first-order chi connectivity index (χ1) is 14.6. The molecule has 2 heterocycles. The number of imidazole rings is 1. The zero-order valence-electron chi connectivity index (χ0n) is 17.5. The Bertz CT molecular complexity index is 1070. The fraction of sp³-hybridized carbons (Fsp3) is 0.440. The molecule has 30 heavy (non-hydrogen) atoms. The lowest BCUT2D eigenvalue weighted by Gasteiger charge is -2.30. The van der Waals surface area contributed by atoms with Crippen LogP contribution in [-0.2, 0) is 17.6 Å². The van der Waals surface area contributed by atoms with Crippen LogP contribution in [0.5, 0.6) is 0 Å². The number of carboxylic acids is 1. The number of benzene rings is 2. The van der Waals surface area contributed by atoms with Gasteiger partial charge in [-0.2, -0.15) is 0 Å². The highest BCUT2D eigenvalue weighted by Crippen LogP contribution is 2.39. The van der Waals surface area contributed by atoms with Gasteiger partial charge in [-0.15, -0.1) is 0 Å². The van der Waals surface area contributed by atoms with Crippen LogP contribution in [0.4, 0.5) is 5.69 Å². The Balaban J connectivity index is 1.62. The molecule has 1 aliphatic heterocycles. The van der Waals surface area contributed by atoms with Gasteiger partial charge in [-0.05, 0) is 56.7 Å². The van der Waals surface area contributed by atoms with Crippen molar-refractivity contribution in [3.63, 3.8) is 0 Å². The topological polar surface area (TPSA) is 67.2 Å². The van der Waals surface area contributed by atoms with E-state index in [-0.39, 0.29) is 12.0 Å². The number of hydrogen-bond donors (Lipinski definition) is 2. The average Bonchev–Trinajstić information content (AvgIpc) is 3.12. The molecule has 2 N–H and O–H groups in total. The molecule has 3 atom stereocenters. The van der Waals surface area contributed by atoms with Gasteiger partial charge in [0.05, 0.1) is 17.0 Å². The van der Waals surface area contributed by atoms with E-state index in [1.807, 2.05) is 6.07 Å². The summed E-state index contributed by atoms with van der Waals surface area (Å²) in [5, 5.41) is 13.2. The van der Waals surface area contributed by atoms with Crippen molar-refractivity contribution in [2.24, 2.45) is 5.92 Å². The number of anilines is 1. The van der Waals surface area contributed by atoms with E-state index in [0.717, 1.165) is 55.4 Å². The standard InChI is InChI=1S/C25H29N3O2/c1-16-10-11-20-21(26-16)12-13-22-24(20)27-23(14-17-6-3-2-4-7-17)28(22)19-9-5-8-18(15-19)25(29)30/h2-4,6-7,12-13,16,18-19,26H,5,8-11,14-15H2,1H3,(H,29,30)/t16-,18-,19-/m0/s1. The van der Waals surface area contributed by atoms with Gasteiger partial charge in [0.15, 0.2) is 0 Å². The number of rotatable bonds is 4. The van der Waals surface area contributed by atoms with Crippen molar-refractivity contribution < 1.29 is 9.90 Å². The van der Waals surface area contributed by atoms with Gasteiger partial charge in [0, 0.05) is 29.8 Å². The number of nitrogens with zero attached hydrogens (tertiary/aromatic N) is 2. The van der Waals surface area contributed by atoms with Gasteiger partial charge in [-0.25, -0.2) is 4.98 Å². The van der Waals surface area contributed by atoms with Crippen molar-refractivity contribution in [1.29, 1.82) is 0 Å². The van der Waals surface area contributed by atoms with Crippen LogP contribution in [0.15, 0.2) is 42.5 Å². The molecule has 5 heteroatoms. The first kappa shape index (κ1) is 19.2. The molecule has 1 fully saturated rings. The zero-order chi connectivity index (χ0) is 20.7. The quantitative estimate of drug-likeness (QED) is 0.629. The lowest BCUT2D eigenvalue weighted by molar-refractivity contribution is -0.143. The van der Waals surface area contributed by atoms with Gasteiger partial charge >= 0.3 is 5.97 Å². The second-order valence-corrected chi connectivity index (χ2v) is 8.96. The minimum atomic E-state index is -0.663. The normalized spacial score (nSPS) is 23.7. The number of fused-ring (bicyclic) bond motifs is 3. The van der Waals surface area contributed by atoms with Gasteiger partial charge in [-0.1, -0.05) is 36.8 Å². The van der Waals surface area contributed by atoms with Crippen LogP contribution in [-0.4, -0.2) is 26.7 Å². The summed E-state index contributed by atoms with van der Waals surface area (Å²) in [5.41, 5.74) is 6.00. The van der Waals surface area contributed by atoms with Gasteiger partial charge in [0.25, 0.3) is 0 Å². The molecule has 0 saturated heterocycles. The summed E-state index contributed by atoms with van der Waals surface area (Å²) in [6.07, 6.45) is 6.35. The third-order valence-corrected chi connectivity index (χ3v) is 6.84. The van der Waals surface area contributed by atoms with E-state index in [9.17, 15) is 9.90 Å². The largest absolute Gasteiger partial charge is 0.481 e. The molecular formula is C25H29N3O2. The Morgan fingerprint density at radius 1 is 1.17 bits per heavy atom. The van der Waals surface area contributed by atoms with Gasteiger partial charge < -0.3 is 15.0 Å². The number of carbonyl (C=O) groups is 1. The van der Waals surface area contributed by atoms with E-state index in [0.29, 0.717) is 12.5 Å². The van der Waals surface area contributed by atoms with Crippen molar-refractivity contribution in [2.45, 2.75) is 64.0 Å². The van der Waals surface area contributed by atoms with Crippen molar-refractivity contribution in [1.82, 2.24) is 9.55 Å². The molecule has 156 valence electrons. The summed E-state index contributed by atoms with van der Waals surface area (Å²) in [6, 6.07) is 15.5. The maximum atomic E-state index is 11.7. The summed E-state index contributed by atoms with van der Waals surface area (Å²) in [5.74, 6) is 0.134. The van der Waals surface area contributed by atoms with Crippen molar-refractivity contribution in [3.8, 4) is 0 Å². The second kappa shape index (κ2) is 7.78. The molecule has 5 nitrogen and oxygen atoms in total. The smallest absolute Gasteiger partial charge is 0.306 e. The van der Waals surface area contributed by atoms with E-state index >= 15 is 0 Å². The SMILES string of the molecule is C[C@H]1CCc2c(ccc3c2nc(Cc2ccccc2)n3[C@H]2CCC[C@H](C(=O)O)C2)N1. The monoisotopic (exact) mass is 403 g/mol. The molecule has 1 aliphatic carbocycles. The highest BCUT2D eigenvalue weighted by atomic mass is 16.4. The van der Waals surface area contributed by atoms with Crippen LogP contribution in [0.25, 0.3) is 11.0 Å². The molecule has 5 rings (SSSR count). The zero-order valence-corrected chi connectivity index (χ0v) is 17.5. The Morgan fingerprint density at radius 2 is 2.00 bits per heavy atom. The van der Waals surface area contributed by atoms with E-state index in [1.165, 1.54) is 16.8 Å². The minimum Gasteiger partial charge on any atom is -0.481 e. The van der Waals surface area contributed by atoms with Crippen molar-refractivity contribution >= 4 is 22.7 Å². The molecule has 0 bridgehead atoms. The Labute approximate surface area is 177 Å². The fourth-order valence-corrected chi connectivity index (χ4v) is 5.29. The lowest BCUT2D eigenvalue weighted by Crippen LogP contribution is -2.25. The van der Waals surface area contributed by atoms with Crippen molar-refractivity contribution in [2.75, 3.05) is 5.32 Å². The van der Waals surface area contributed by atoms with Crippen LogP contribution in [0.3, 0.4) is 0 Å². The predicted molar refractivity (Wildman–Crippen MR) is 119 cm³/mol. The maximum absolute atomic E-state index is 11.7. The number of aliphatic carboxylic acids is 1. The maximum Gasteiger partial charge on any atom is 0.306 e. The molecule has 1 aromatic heterocycles. The van der Waals surface area contributed by atoms with Gasteiger partial charge in [-0.3, -0.25) is 4.79 Å². The number of carboxylic acid groups (broad SMARTS) is 1. The molecule has 0 spiro atoms. The third kappa shape index (κ3) is 3.47. The molecule has 3 aromatic rings. The Hall–Kier alpha value is -2.82. The summed E-state index contributed by atoms with van der Waals surface area (Å²) in [6.45, 7) is 2.22. The first-order valence-electron chi connectivity index (χ1n) is 11.2. The van der Waals surface area contributed by atoms with E-state index in [2.05, 4.69) is 53.2 Å². The van der Waals surface area contributed by atoms with E-state index in [1.54, 1.807) is 0 Å². The van der Waals surface area contributed by atoms with Gasteiger partial charge in [0.2, 0.25) is 0 Å². The number of hydrogen-bond acceptors (Lipinski definition) is 3. The van der Waals surface area contributed by atoms with Crippen LogP contribution < -0.4 is 5.32 Å². The summed E-state index contributed by atoms with van der Waals surface area (Å²) in [7, 11) is 0. The third-order valence-electron chi connectivity index (χ3n) is 6.84. The summed E-state index contributed by atoms with van der Waals surface area (Å²) in [4.78, 5) is 16.9. The summed E-state index contributed by atoms with van der Waals surface area (Å²) < 4.78 is 2.37. The lowest BCUT2D eigenvalue weighted by atomic mass is 9.85. The van der Waals surface area contributed by atoms with Crippen molar-refractivity contribution in [3.05, 3.63) is 59.4 Å². The Kier molecular flexibility index (Phi) is 4.97. The number of aromatic nitrogens is 2. The predicted octanol–water partition coefficient (Wildman–Crippen LogP) is 5.19. The molecule has 1 saturated carbocycles. The highest BCUT2D eigenvalue weighted by molar-refractivity contribution is 5.86. The van der Waals surface area contributed by atoms with Crippen LogP contribution >= 0.6 is 0 Å². The molecule has 0 radical (unpaired) electrons. The van der Waals surface area contributed by atoms with Crippen LogP contribution in [0, 0.1) is 5.92 Å². The molecule has 0 unspecified atom stereocenters. The first-order valence-corrected chi connectivity index (χ1v) is 11.2. The highest BCUT2D eigenvalue weighted by Gasteiger charge is 2.31. The van der Waals surface area contributed by atoms with Gasteiger partial charge in [0.1, 0.15) is 5.82 Å². The van der Waals surface area contributed by atoms with Crippen LogP contribution in [0.1, 0.15) is 62.0 Å². The number of nitrogens with one attached hydrogen (secondary N) is 1. The fourth-order valence-electron chi connectivity index (χ4n) is 5.29. The molecule has 0 amide bonds. The average molecular weight is 404 g/mol. The summed E-state index contributed by atoms with van der Waals surface area (Å²) >= 11 is 0. The molecular weight excluding hydrogens is 374 g/mol.